The van der Waals surface area contributed by atoms with Gasteiger partial charge in [-0.1, -0.05) is 29.3 Å². The standard InChI is InChI=1S/C14H11Cl2F3N2/c1-7-2-3-8(14(17,18)19)4-12(7)21-13-10(15)5-9(20)6-11(13)16/h2-6,21H,20H2,1H3. The first kappa shape index (κ1) is 15.8. The molecule has 0 spiro atoms. The maximum absolute atomic E-state index is 12.8. The Hall–Kier alpha value is -1.59. The van der Waals surface area contributed by atoms with Crippen molar-refractivity contribution in [2.45, 2.75) is 13.1 Å². The molecule has 2 nitrogen and oxygen atoms in total. The van der Waals surface area contributed by atoms with Crippen LogP contribution in [0.3, 0.4) is 0 Å². The van der Waals surface area contributed by atoms with Gasteiger partial charge in [0.15, 0.2) is 0 Å². The van der Waals surface area contributed by atoms with E-state index in [9.17, 15) is 13.2 Å². The second-order valence-electron chi connectivity index (χ2n) is 4.51. The van der Waals surface area contributed by atoms with Gasteiger partial charge in [-0.3, -0.25) is 0 Å². The van der Waals surface area contributed by atoms with Crippen LogP contribution in [-0.2, 0) is 6.18 Å². The maximum atomic E-state index is 12.8. The molecule has 0 fully saturated rings. The second kappa shape index (κ2) is 5.66. The number of anilines is 3. The Bertz CT molecular complexity index is 661. The highest BCUT2D eigenvalue weighted by Crippen LogP contribution is 2.37. The molecule has 21 heavy (non-hydrogen) atoms. The molecule has 0 aliphatic rings. The van der Waals surface area contributed by atoms with Crippen LogP contribution in [0.15, 0.2) is 30.3 Å². The van der Waals surface area contributed by atoms with Crippen LogP contribution in [0.4, 0.5) is 30.2 Å². The molecule has 0 radical (unpaired) electrons. The van der Waals surface area contributed by atoms with Crippen molar-refractivity contribution in [3.05, 3.63) is 51.5 Å². The van der Waals surface area contributed by atoms with E-state index in [1.54, 1.807) is 6.92 Å². The summed E-state index contributed by atoms with van der Waals surface area (Å²) in [4.78, 5) is 0. The van der Waals surface area contributed by atoms with Crippen LogP contribution in [0.2, 0.25) is 10.0 Å². The van der Waals surface area contributed by atoms with E-state index in [4.69, 9.17) is 28.9 Å². The molecular formula is C14H11Cl2F3N2. The van der Waals surface area contributed by atoms with Gasteiger partial charge in [-0.05, 0) is 36.8 Å². The number of nitrogen functional groups attached to an aromatic ring is 1. The number of benzene rings is 2. The molecule has 0 bridgehead atoms. The van der Waals surface area contributed by atoms with E-state index in [0.29, 0.717) is 16.9 Å². The van der Waals surface area contributed by atoms with E-state index in [0.717, 1.165) is 12.1 Å². The minimum atomic E-state index is -4.42. The predicted molar refractivity (Wildman–Crippen MR) is 80.3 cm³/mol. The molecule has 2 rings (SSSR count). The maximum Gasteiger partial charge on any atom is 0.416 e. The molecular weight excluding hydrogens is 324 g/mol. The molecule has 2 aromatic carbocycles. The zero-order chi connectivity index (χ0) is 15.8. The molecule has 7 heteroatoms. The molecule has 0 saturated carbocycles. The quantitative estimate of drug-likeness (QED) is 0.696. The van der Waals surface area contributed by atoms with Gasteiger partial charge in [0.25, 0.3) is 0 Å². The third-order valence-electron chi connectivity index (χ3n) is 2.89. The number of halogens is 5. The van der Waals surface area contributed by atoms with Crippen molar-refractivity contribution in [2.24, 2.45) is 0 Å². The number of hydrogen-bond donors (Lipinski definition) is 2. The molecule has 0 aliphatic heterocycles. The lowest BCUT2D eigenvalue weighted by Gasteiger charge is -2.15. The zero-order valence-corrected chi connectivity index (χ0v) is 12.4. The lowest BCUT2D eigenvalue weighted by Crippen LogP contribution is -2.06. The minimum absolute atomic E-state index is 0.233. The Morgan fingerprint density at radius 1 is 1.05 bits per heavy atom. The normalized spacial score (nSPS) is 11.5. The number of nitrogens with two attached hydrogens (primary N) is 1. The average molecular weight is 335 g/mol. The Labute approximate surface area is 129 Å². The molecule has 3 N–H and O–H groups in total. The first-order valence-electron chi connectivity index (χ1n) is 5.88. The highest BCUT2D eigenvalue weighted by Gasteiger charge is 2.30. The average Bonchev–Trinajstić information content (AvgIpc) is 2.34. The van der Waals surface area contributed by atoms with Gasteiger partial charge < -0.3 is 11.1 Å². The van der Waals surface area contributed by atoms with Gasteiger partial charge in [-0.2, -0.15) is 13.2 Å². The van der Waals surface area contributed by atoms with Crippen molar-refractivity contribution in [1.82, 2.24) is 0 Å². The first-order valence-corrected chi connectivity index (χ1v) is 6.63. The lowest BCUT2D eigenvalue weighted by atomic mass is 10.1. The van der Waals surface area contributed by atoms with Gasteiger partial charge in [0.1, 0.15) is 0 Å². The molecule has 0 aliphatic carbocycles. The first-order chi connectivity index (χ1) is 9.68. The van der Waals surface area contributed by atoms with Crippen LogP contribution in [-0.4, -0.2) is 0 Å². The Kier molecular flexibility index (Phi) is 4.25. The van der Waals surface area contributed by atoms with Crippen LogP contribution in [0.5, 0.6) is 0 Å². The Balaban J connectivity index is 2.45. The summed E-state index contributed by atoms with van der Waals surface area (Å²) in [6.45, 7) is 1.68. The van der Waals surface area contributed by atoms with E-state index in [2.05, 4.69) is 5.32 Å². The third kappa shape index (κ3) is 3.54. The van der Waals surface area contributed by atoms with Crippen molar-refractivity contribution in [2.75, 3.05) is 11.1 Å². The van der Waals surface area contributed by atoms with Crippen molar-refractivity contribution in [3.8, 4) is 0 Å². The van der Waals surface area contributed by atoms with Crippen molar-refractivity contribution >= 4 is 40.3 Å². The molecule has 0 heterocycles. The summed E-state index contributed by atoms with van der Waals surface area (Å²) in [6, 6.07) is 6.35. The summed E-state index contributed by atoms with van der Waals surface area (Å²) >= 11 is 12.0. The van der Waals surface area contributed by atoms with Crippen LogP contribution >= 0.6 is 23.2 Å². The molecule has 112 valence electrons. The third-order valence-corrected chi connectivity index (χ3v) is 3.49. The van der Waals surface area contributed by atoms with Gasteiger partial charge in [-0.25, -0.2) is 0 Å². The van der Waals surface area contributed by atoms with Gasteiger partial charge >= 0.3 is 6.18 Å². The number of alkyl halides is 3. The second-order valence-corrected chi connectivity index (χ2v) is 5.33. The lowest BCUT2D eigenvalue weighted by molar-refractivity contribution is -0.137. The SMILES string of the molecule is Cc1ccc(C(F)(F)F)cc1Nc1c(Cl)cc(N)cc1Cl. The van der Waals surface area contributed by atoms with Crippen LogP contribution < -0.4 is 11.1 Å². The molecule has 0 aromatic heterocycles. The molecule has 0 amide bonds. The highest BCUT2D eigenvalue weighted by atomic mass is 35.5. The zero-order valence-electron chi connectivity index (χ0n) is 10.9. The van der Waals surface area contributed by atoms with Crippen LogP contribution in [0.25, 0.3) is 0 Å². The minimum Gasteiger partial charge on any atom is -0.399 e. The monoisotopic (exact) mass is 334 g/mol. The summed E-state index contributed by atoms with van der Waals surface area (Å²) in [6.07, 6.45) is -4.42. The number of rotatable bonds is 2. The summed E-state index contributed by atoms with van der Waals surface area (Å²) in [5.74, 6) is 0. The van der Waals surface area contributed by atoms with E-state index < -0.39 is 11.7 Å². The fourth-order valence-electron chi connectivity index (χ4n) is 1.78. The topological polar surface area (TPSA) is 38.0 Å². The highest BCUT2D eigenvalue weighted by molar-refractivity contribution is 6.39. The van der Waals surface area contributed by atoms with Crippen molar-refractivity contribution < 1.29 is 13.2 Å². The largest absolute Gasteiger partial charge is 0.416 e. The Morgan fingerprint density at radius 3 is 2.14 bits per heavy atom. The summed E-state index contributed by atoms with van der Waals surface area (Å²) in [5, 5.41) is 3.30. The van der Waals surface area contributed by atoms with Gasteiger partial charge in [0.05, 0.1) is 21.3 Å². The van der Waals surface area contributed by atoms with E-state index in [-0.39, 0.29) is 15.7 Å². The van der Waals surface area contributed by atoms with Crippen molar-refractivity contribution in [3.63, 3.8) is 0 Å². The van der Waals surface area contributed by atoms with Gasteiger partial charge in [0.2, 0.25) is 0 Å². The molecule has 0 saturated heterocycles. The van der Waals surface area contributed by atoms with E-state index in [1.165, 1.54) is 18.2 Å². The fraction of sp³-hybridized carbons (Fsp3) is 0.143. The van der Waals surface area contributed by atoms with E-state index >= 15 is 0 Å². The van der Waals surface area contributed by atoms with Crippen LogP contribution in [0, 0.1) is 6.92 Å². The Morgan fingerprint density at radius 2 is 1.62 bits per heavy atom. The van der Waals surface area contributed by atoms with Gasteiger partial charge in [0, 0.05) is 11.4 Å². The van der Waals surface area contributed by atoms with Crippen LogP contribution in [0.1, 0.15) is 11.1 Å². The number of hydrogen-bond acceptors (Lipinski definition) is 2. The summed E-state index contributed by atoms with van der Waals surface area (Å²) in [7, 11) is 0. The number of aryl methyl sites for hydroxylation is 1. The molecule has 2 aromatic rings. The smallest absolute Gasteiger partial charge is 0.399 e. The summed E-state index contributed by atoms with van der Waals surface area (Å²) in [5.41, 5.74) is 6.43. The molecule has 0 atom stereocenters. The fourth-order valence-corrected chi connectivity index (χ4v) is 2.38. The number of nitrogens with one attached hydrogen (secondary N) is 1. The van der Waals surface area contributed by atoms with Gasteiger partial charge in [-0.15, -0.1) is 0 Å². The van der Waals surface area contributed by atoms with E-state index in [1.807, 2.05) is 0 Å². The predicted octanol–water partition coefficient (Wildman–Crippen LogP) is 5.65. The molecule has 0 unspecified atom stereocenters. The van der Waals surface area contributed by atoms with Crippen molar-refractivity contribution in [1.29, 1.82) is 0 Å². The summed E-state index contributed by atoms with van der Waals surface area (Å²) < 4.78 is 38.3.